The van der Waals surface area contributed by atoms with Gasteiger partial charge in [-0.05, 0) is 18.1 Å². The van der Waals surface area contributed by atoms with Crippen molar-refractivity contribution in [2.75, 3.05) is 13.2 Å². The summed E-state index contributed by atoms with van der Waals surface area (Å²) in [6, 6.07) is 4.80. The Kier molecular flexibility index (Phi) is 8.98. The number of ether oxygens (including phenoxy) is 1. The smallest absolute Gasteiger partial charge is 0.273 e. The normalized spacial score (nSPS) is 9.80. The number of rotatable bonds is 7. The first-order valence-electron chi connectivity index (χ1n) is 6.29. The molecule has 0 heterocycles. The highest BCUT2D eigenvalue weighted by Crippen LogP contribution is 2.30. The summed E-state index contributed by atoms with van der Waals surface area (Å²) in [5.74, 6) is 5.59. The Balaban J connectivity index is 0.00000172. The van der Waals surface area contributed by atoms with Crippen LogP contribution < -0.4 is 10.6 Å². The maximum absolute atomic E-state index is 10.9. The van der Waals surface area contributed by atoms with Crippen molar-refractivity contribution in [2.24, 2.45) is 5.90 Å². The maximum Gasteiger partial charge on any atom is 0.273 e. The van der Waals surface area contributed by atoms with Gasteiger partial charge in [-0.15, -0.1) is 13.2 Å². The fourth-order valence-electron chi connectivity index (χ4n) is 1.58. The molecule has 0 saturated heterocycles. The molecule has 0 aliphatic heterocycles. The monoisotopic (exact) mass is 282 g/mol. The number of nitro benzene ring substituents is 1. The molecule has 0 amide bonds. The molecule has 0 aliphatic rings. The van der Waals surface area contributed by atoms with Crippen LogP contribution >= 0.6 is 0 Å². The SMILES string of the molecule is C=C.CC(C)c1cc(OCCCON)ccc1[N+](=O)[O-]. The van der Waals surface area contributed by atoms with Gasteiger partial charge in [-0.1, -0.05) is 13.8 Å². The van der Waals surface area contributed by atoms with Crippen molar-refractivity contribution < 1.29 is 14.5 Å². The van der Waals surface area contributed by atoms with Gasteiger partial charge < -0.3 is 9.57 Å². The van der Waals surface area contributed by atoms with Crippen molar-refractivity contribution in [1.29, 1.82) is 0 Å². The van der Waals surface area contributed by atoms with Crippen molar-refractivity contribution in [2.45, 2.75) is 26.2 Å². The van der Waals surface area contributed by atoms with Gasteiger partial charge in [0.05, 0.1) is 18.1 Å². The largest absolute Gasteiger partial charge is 0.493 e. The number of nitro groups is 1. The van der Waals surface area contributed by atoms with Gasteiger partial charge in [0, 0.05) is 18.1 Å². The predicted octanol–water partition coefficient (Wildman–Crippen LogP) is 3.18. The summed E-state index contributed by atoms with van der Waals surface area (Å²) < 4.78 is 5.48. The topological polar surface area (TPSA) is 87.6 Å². The molecule has 0 unspecified atom stereocenters. The number of nitrogens with two attached hydrogens (primary N) is 1. The lowest BCUT2D eigenvalue weighted by Gasteiger charge is -2.10. The van der Waals surface area contributed by atoms with Gasteiger partial charge in [-0.3, -0.25) is 10.1 Å². The zero-order valence-corrected chi connectivity index (χ0v) is 12.0. The molecule has 0 radical (unpaired) electrons. The first-order chi connectivity index (χ1) is 9.56. The number of hydrogen-bond donors (Lipinski definition) is 1. The zero-order valence-electron chi connectivity index (χ0n) is 12.0. The Morgan fingerprint density at radius 1 is 1.35 bits per heavy atom. The predicted molar refractivity (Wildman–Crippen MR) is 78.7 cm³/mol. The van der Waals surface area contributed by atoms with Gasteiger partial charge in [-0.2, -0.15) is 0 Å². The van der Waals surface area contributed by atoms with Crippen LogP contribution in [0.25, 0.3) is 0 Å². The molecule has 112 valence electrons. The van der Waals surface area contributed by atoms with E-state index in [2.05, 4.69) is 18.0 Å². The molecule has 1 aromatic rings. The molecule has 6 nitrogen and oxygen atoms in total. The van der Waals surface area contributed by atoms with Crippen LogP contribution in [0.1, 0.15) is 31.7 Å². The average Bonchev–Trinajstić information content (AvgIpc) is 2.45. The minimum Gasteiger partial charge on any atom is -0.493 e. The molecule has 6 heteroatoms. The molecule has 0 fully saturated rings. The summed E-state index contributed by atoms with van der Waals surface area (Å²) in [7, 11) is 0. The molecular weight excluding hydrogens is 260 g/mol. The number of nitrogens with zero attached hydrogens (tertiary/aromatic N) is 1. The van der Waals surface area contributed by atoms with Crippen molar-refractivity contribution in [3.05, 3.63) is 47.0 Å². The highest BCUT2D eigenvalue weighted by atomic mass is 16.6. The third-order valence-electron chi connectivity index (χ3n) is 2.49. The first-order valence-corrected chi connectivity index (χ1v) is 6.29. The Morgan fingerprint density at radius 2 is 2.00 bits per heavy atom. The van der Waals surface area contributed by atoms with E-state index in [-0.39, 0.29) is 16.5 Å². The Labute approximate surface area is 119 Å². The van der Waals surface area contributed by atoms with Gasteiger partial charge in [0.2, 0.25) is 0 Å². The average molecular weight is 282 g/mol. The number of benzene rings is 1. The van der Waals surface area contributed by atoms with Crippen molar-refractivity contribution in [3.8, 4) is 5.75 Å². The standard InChI is InChI=1S/C12H18N2O4.C2H4/c1-9(2)11-8-10(17-6-3-7-18-13)4-5-12(11)14(15)16;1-2/h4-5,8-9H,3,6-7,13H2,1-2H3;1-2H2. The van der Waals surface area contributed by atoms with E-state index < -0.39 is 0 Å². The summed E-state index contributed by atoms with van der Waals surface area (Å²) in [6.45, 7) is 10.7. The Bertz CT molecular complexity index is 422. The van der Waals surface area contributed by atoms with Crippen molar-refractivity contribution in [1.82, 2.24) is 0 Å². The van der Waals surface area contributed by atoms with E-state index in [1.54, 1.807) is 12.1 Å². The molecular formula is C14H22N2O4. The van der Waals surface area contributed by atoms with Crippen LogP contribution in [-0.4, -0.2) is 18.1 Å². The molecule has 0 spiro atoms. The van der Waals surface area contributed by atoms with E-state index in [1.807, 2.05) is 13.8 Å². The van der Waals surface area contributed by atoms with E-state index in [1.165, 1.54) is 6.07 Å². The highest BCUT2D eigenvalue weighted by Gasteiger charge is 2.17. The third-order valence-corrected chi connectivity index (χ3v) is 2.49. The second kappa shape index (κ2) is 9.94. The highest BCUT2D eigenvalue weighted by molar-refractivity contribution is 5.46. The summed E-state index contributed by atoms with van der Waals surface area (Å²) in [5, 5.41) is 10.9. The minimum atomic E-state index is -0.374. The van der Waals surface area contributed by atoms with Crippen molar-refractivity contribution >= 4 is 5.69 Å². The maximum atomic E-state index is 10.9. The van der Waals surface area contributed by atoms with Crippen molar-refractivity contribution in [3.63, 3.8) is 0 Å². The fourth-order valence-corrected chi connectivity index (χ4v) is 1.58. The molecule has 0 atom stereocenters. The zero-order chi connectivity index (χ0) is 15.5. The first kappa shape index (κ1) is 18.1. The van der Waals surface area contributed by atoms with Gasteiger partial charge >= 0.3 is 0 Å². The van der Waals surface area contributed by atoms with E-state index in [0.29, 0.717) is 30.9 Å². The van der Waals surface area contributed by atoms with E-state index in [4.69, 9.17) is 10.6 Å². The Hall–Kier alpha value is -1.92. The summed E-state index contributed by atoms with van der Waals surface area (Å²) in [6.07, 6.45) is 0.671. The van der Waals surface area contributed by atoms with Gasteiger partial charge in [-0.25, -0.2) is 5.90 Å². The summed E-state index contributed by atoms with van der Waals surface area (Å²) in [5.41, 5.74) is 0.801. The molecule has 1 rings (SSSR count). The van der Waals surface area contributed by atoms with Crippen LogP contribution in [0, 0.1) is 10.1 Å². The molecule has 2 N–H and O–H groups in total. The van der Waals surface area contributed by atoms with Crippen LogP contribution in [-0.2, 0) is 4.84 Å². The van der Waals surface area contributed by atoms with Crippen LogP contribution in [0.2, 0.25) is 0 Å². The van der Waals surface area contributed by atoms with Gasteiger partial charge in [0.25, 0.3) is 5.69 Å². The van der Waals surface area contributed by atoms with Crippen LogP contribution in [0.3, 0.4) is 0 Å². The fraction of sp³-hybridized carbons (Fsp3) is 0.429. The second-order valence-electron chi connectivity index (χ2n) is 4.21. The second-order valence-corrected chi connectivity index (χ2v) is 4.21. The van der Waals surface area contributed by atoms with E-state index in [9.17, 15) is 10.1 Å². The van der Waals surface area contributed by atoms with Crippen LogP contribution in [0.5, 0.6) is 5.75 Å². The lowest BCUT2D eigenvalue weighted by molar-refractivity contribution is -0.385. The lowest BCUT2D eigenvalue weighted by atomic mass is 10.0. The van der Waals surface area contributed by atoms with Gasteiger partial charge in [0.15, 0.2) is 0 Å². The van der Waals surface area contributed by atoms with Crippen LogP contribution in [0.4, 0.5) is 5.69 Å². The number of hydrogen-bond acceptors (Lipinski definition) is 5. The van der Waals surface area contributed by atoms with E-state index >= 15 is 0 Å². The Morgan fingerprint density at radius 3 is 2.50 bits per heavy atom. The quantitative estimate of drug-likeness (QED) is 0.359. The van der Waals surface area contributed by atoms with Crippen LogP contribution in [0.15, 0.2) is 31.4 Å². The molecule has 0 aromatic heterocycles. The van der Waals surface area contributed by atoms with Gasteiger partial charge in [0.1, 0.15) is 5.75 Å². The molecule has 1 aromatic carbocycles. The molecule has 20 heavy (non-hydrogen) atoms. The lowest BCUT2D eigenvalue weighted by Crippen LogP contribution is -2.06. The molecule has 0 bridgehead atoms. The summed E-state index contributed by atoms with van der Waals surface area (Å²) >= 11 is 0. The summed E-state index contributed by atoms with van der Waals surface area (Å²) in [4.78, 5) is 14.9. The van der Waals surface area contributed by atoms with E-state index in [0.717, 1.165) is 0 Å². The molecule has 0 saturated carbocycles. The third kappa shape index (κ3) is 5.81. The molecule has 0 aliphatic carbocycles. The minimum absolute atomic E-state index is 0.0707.